The first-order valence-electron chi connectivity index (χ1n) is 6.83. The van der Waals surface area contributed by atoms with E-state index in [4.69, 9.17) is 23.2 Å². The van der Waals surface area contributed by atoms with Crippen LogP contribution in [0.25, 0.3) is 11.0 Å². The van der Waals surface area contributed by atoms with Crippen molar-refractivity contribution in [3.05, 3.63) is 47.3 Å². The number of imidazole rings is 2. The van der Waals surface area contributed by atoms with Gasteiger partial charge in [0.2, 0.25) is 0 Å². The summed E-state index contributed by atoms with van der Waals surface area (Å²) in [5.74, 6) is 1.87. The average molecular weight is 323 g/mol. The first-order valence-corrected chi connectivity index (χ1v) is 7.64. The van der Waals surface area contributed by atoms with Crippen molar-refractivity contribution in [2.75, 3.05) is 0 Å². The summed E-state index contributed by atoms with van der Waals surface area (Å²) >= 11 is 12.6. The van der Waals surface area contributed by atoms with E-state index in [1.165, 1.54) is 0 Å². The van der Waals surface area contributed by atoms with Crippen molar-refractivity contribution in [1.29, 1.82) is 0 Å². The second-order valence-corrected chi connectivity index (χ2v) is 6.11. The molecule has 2 heterocycles. The molecule has 1 unspecified atom stereocenters. The minimum absolute atomic E-state index is 0.171. The molecule has 2 aromatic heterocycles. The maximum absolute atomic E-state index is 6.35. The van der Waals surface area contributed by atoms with Gasteiger partial charge in [0.05, 0.1) is 21.4 Å². The highest BCUT2D eigenvalue weighted by Gasteiger charge is 2.17. The number of alkyl halides is 1. The molecule has 21 heavy (non-hydrogen) atoms. The second-order valence-electron chi connectivity index (χ2n) is 5.05. The zero-order chi connectivity index (χ0) is 15.0. The Bertz CT molecular complexity index is 773. The van der Waals surface area contributed by atoms with Crippen LogP contribution < -0.4 is 0 Å². The molecule has 0 saturated heterocycles. The molecule has 0 aliphatic heterocycles. The molecular formula is C15H16Cl2N4. The summed E-state index contributed by atoms with van der Waals surface area (Å²) in [6.45, 7) is 2.67. The Morgan fingerprint density at radius 3 is 2.81 bits per heavy atom. The number of fused-ring (bicyclic) bond motifs is 1. The Hall–Kier alpha value is -1.52. The molecule has 0 amide bonds. The Kier molecular flexibility index (Phi) is 3.91. The molecule has 0 saturated carbocycles. The average Bonchev–Trinajstić information content (AvgIpc) is 3.01. The number of nitrogens with zero attached hydrogens (tertiary/aromatic N) is 4. The van der Waals surface area contributed by atoms with Gasteiger partial charge in [-0.15, -0.1) is 11.6 Å². The van der Waals surface area contributed by atoms with Crippen LogP contribution in [-0.2, 0) is 20.0 Å². The minimum Gasteiger partial charge on any atom is -0.338 e. The lowest BCUT2D eigenvalue weighted by molar-refractivity contribution is 0.634. The molecule has 0 radical (unpaired) electrons. The van der Waals surface area contributed by atoms with E-state index >= 15 is 0 Å². The molecule has 1 atom stereocenters. The molecule has 0 aliphatic rings. The highest BCUT2D eigenvalue weighted by Crippen LogP contribution is 2.29. The Labute approximate surface area is 133 Å². The molecule has 3 aromatic rings. The normalized spacial score (nSPS) is 13.0. The number of para-hydroxylation sites is 1. The van der Waals surface area contributed by atoms with Crippen LogP contribution in [0.3, 0.4) is 0 Å². The van der Waals surface area contributed by atoms with Crippen molar-refractivity contribution in [3.63, 3.8) is 0 Å². The van der Waals surface area contributed by atoms with Crippen molar-refractivity contribution in [2.24, 2.45) is 7.05 Å². The molecule has 4 nitrogen and oxygen atoms in total. The van der Waals surface area contributed by atoms with Crippen LogP contribution in [0.2, 0.25) is 5.02 Å². The summed E-state index contributed by atoms with van der Waals surface area (Å²) in [7, 11) is 1.99. The third-order valence-corrected chi connectivity index (χ3v) is 4.08. The molecule has 1 aromatic carbocycles. The van der Waals surface area contributed by atoms with E-state index in [-0.39, 0.29) is 5.38 Å². The topological polar surface area (TPSA) is 35.6 Å². The van der Waals surface area contributed by atoms with E-state index in [0.29, 0.717) is 5.02 Å². The van der Waals surface area contributed by atoms with E-state index in [0.717, 1.165) is 35.6 Å². The van der Waals surface area contributed by atoms with Gasteiger partial charge in [0.1, 0.15) is 11.6 Å². The predicted molar refractivity (Wildman–Crippen MR) is 85.9 cm³/mol. The predicted octanol–water partition coefficient (Wildman–Crippen LogP) is 3.97. The third kappa shape index (κ3) is 2.65. The summed E-state index contributed by atoms with van der Waals surface area (Å²) in [6, 6.07) is 5.75. The van der Waals surface area contributed by atoms with Gasteiger partial charge >= 0.3 is 0 Å². The van der Waals surface area contributed by atoms with Crippen LogP contribution in [0.5, 0.6) is 0 Å². The van der Waals surface area contributed by atoms with Gasteiger partial charge in [0.15, 0.2) is 0 Å². The third-order valence-electron chi connectivity index (χ3n) is 3.58. The lowest BCUT2D eigenvalue weighted by atomic mass is 10.3. The van der Waals surface area contributed by atoms with E-state index < -0.39 is 0 Å². The molecule has 0 spiro atoms. The SMILES string of the molecule is CC(Cl)c1nc2cccc(Cl)c2n1CCc1nccn1C. The maximum Gasteiger partial charge on any atom is 0.127 e. The van der Waals surface area contributed by atoms with Gasteiger partial charge in [-0.1, -0.05) is 17.7 Å². The standard InChI is InChI=1S/C15H16Cl2N4/c1-10(16)15-19-12-5-3-4-11(17)14(12)21(15)8-6-13-18-7-9-20(13)2/h3-5,7,9-10H,6,8H2,1-2H3. The highest BCUT2D eigenvalue weighted by atomic mass is 35.5. The van der Waals surface area contributed by atoms with Crippen molar-refractivity contribution in [3.8, 4) is 0 Å². The van der Waals surface area contributed by atoms with E-state index in [1.807, 2.05) is 42.9 Å². The fourth-order valence-electron chi connectivity index (χ4n) is 2.54. The Balaban J connectivity index is 2.03. The summed E-state index contributed by atoms with van der Waals surface area (Å²) in [6.07, 6.45) is 4.55. The summed E-state index contributed by atoms with van der Waals surface area (Å²) < 4.78 is 4.12. The largest absolute Gasteiger partial charge is 0.338 e. The molecule has 6 heteroatoms. The van der Waals surface area contributed by atoms with Crippen molar-refractivity contribution >= 4 is 34.2 Å². The van der Waals surface area contributed by atoms with Crippen LogP contribution >= 0.6 is 23.2 Å². The first-order chi connectivity index (χ1) is 10.1. The van der Waals surface area contributed by atoms with Gasteiger partial charge in [-0.3, -0.25) is 0 Å². The lowest BCUT2D eigenvalue weighted by Crippen LogP contribution is -2.09. The van der Waals surface area contributed by atoms with Crippen LogP contribution in [0, 0.1) is 0 Å². The molecule has 0 bridgehead atoms. The molecular weight excluding hydrogens is 307 g/mol. The summed E-state index contributed by atoms with van der Waals surface area (Å²) in [4.78, 5) is 8.97. The molecule has 110 valence electrons. The van der Waals surface area contributed by atoms with Crippen LogP contribution in [0.4, 0.5) is 0 Å². The van der Waals surface area contributed by atoms with E-state index in [2.05, 4.69) is 14.5 Å². The second kappa shape index (κ2) is 5.70. The molecule has 3 rings (SSSR count). The van der Waals surface area contributed by atoms with Crippen molar-refractivity contribution in [1.82, 2.24) is 19.1 Å². The number of aromatic nitrogens is 4. The van der Waals surface area contributed by atoms with Gasteiger partial charge in [0, 0.05) is 32.4 Å². The number of halogens is 2. The van der Waals surface area contributed by atoms with Gasteiger partial charge in [-0.05, 0) is 19.1 Å². The smallest absolute Gasteiger partial charge is 0.127 e. The Morgan fingerprint density at radius 2 is 2.14 bits per heavy atom. The van der Waals surface area contributed by atoms with Gasteiger partial charge < -0.3 is 9.13 Å². The van der Waals surface area contributed by atoms with Gasteiger partial charge in [-0.2, -0.15) is 0 Å². The van der Waals surface area contributed by atoms with Crippen LogP contribution in [-0.4, -0.2) is 19.1 Å². The number of benzene rings is 1. The maximum atomic E-state index is 6.35. The number of hydrogen-bond donors (Lipinski definition) is 0. The monoisotopic (exact) mass is 322 g/mol. The lowest BCUT2D eigenvalue weighted by Gasteiger charge is -2.11. The molecule has 0 fully saturated rings. The quantitative estimate of drug-likeness (QED) is 0.681. The van der Waals surface area contributed by atoms with Crippen LogP contribution in [0.1, 0.15) is 23.9 Å². The number of rotatable bonds is 4. The zero-order valence-electron chi connectivity index (χ0n) is 11.9. The van der Waals surface area contributed by atoms with E-state index in [1.54, 1.807) is 6.20 Å². The first kappa shape index (κ1) is 14.4. The summed E-state index contributed by atoms with van der Waals surface area (Å²) in [5.41, 5.74) is 1.82. The number of hydrogen-bond acceptors (Lipinski definition) is 2. The molecule has 0 aliphatic carbocycles. The van der Waals surface area contributed by atoms with Crippen molar-refractivity contribution < 1.29 is 0 Å². The van der Waals surface area contributed by atoms with Crippen LogP contribution in [0.15, 0.2) is 30.6 Å². The molecule has 0 N–H and O–H groups in total. The fraction of sp³-hybridized carbons (Fsp3) is 0.333. The van der Waals surface area contributed by atoms with Gasteiger partial charge in [-0.25, -0.2) is 9.97 Å². The summed E-state index contributed by atoms with van der Waals surface area (Å²) in [5, 5.41) is 0.526. The van der Waals surface area contributed by atoms with E-state index in [9.17, 15) is 0 Å². The highest BCUT2D eigenvalue weighted by molar-refractivity contribution is 6.35. The number of aryl methyl sites for hydroxylation is 3. The zero-order valence-corrected chi connectivity index (χ0v) is 13.4. The fourth-order valence-corrected chi connectivity index (χ4v) is 2.98. The Morgan fingerprint density at radius 1 is 1.33 bits per heavy atom. The minimum atomic E-state index is -0.171. The van der Waals surface area contributed by atoms with Crippen molar-refractivity contribution in [2.45, 2.75) is 25.3 Å². The van der Waals surface area contributed by atoms with Gasteiger partial charge in [0.25, 0.3) is 0 Å².